The molecule has 3 rings (SSSR count). The summed E-state index contributed by atoms with van der Waals surface area (Å²) in [4.78, 5) is 15.2. The van der Waals surface area contributed by atoms with Crippen LogP contribution in [0.25, 0.3) is 0 Å². The van der Waals surface area contributed by atoms with Gasteiger partial charge in [0.1, 0.15) is 0 Å². The maximum absolute atomic E-state index is 12.8. The molecule has 4 heteroatoms. The maximum atomic E-state index is 12.8. The van der Waals surface area contributed by atoms with Gasteiger partial charge in [-0.1, -0.05) is 46.3 Å². The third-order valence-corrected chi connectivity index (χ3v) is 4.83. The van der Waals surface area contributed by atoms with Gasteiger partial charge in [-0.15, -0.1) is 0 Å². The number of nitrogens with one attached hydrogen (secondary N) is 1. The van der Waals surface area contributed by atoms with Crippen LogP contribution in [0.15, 0.2) is 53.0 Å². The zero-order valence-electron chi connectivity index (χ0n) is 13.3. The van der Waals surface area contributed by atoms with Crippen molar-refractivity contribution < 1.29 is 4.79 Å². The predicted molar refractivity (Wildman–Crippen MR) is 98.2 cm³/mol. The molecule has 0 bridgehead atoms. The van der Waals surface area contributed by atoms with Crippen LogP contribution in [0.2, 0.25) is 0 Å². The zero-order chi connectivity index (χ0) is 16.2. The van der Waals surface area contributed by atoms with Crippen molar-refractivity contribution in [3.63, 3.8) is 0 Å². The molecule has 120 valence electrons. The fourth-order valence-corrected chi connectivity index (χ4v) is 3.31. The highest BCUT2D eigenvalue weighted by Crippen LogP contribution is 2.26. The van der Waals surface area contributed by atoms with Crippen LogP contribution < -0.4 is 5.32 Å². The molecule has 1 saturated heterocycles. The Hall–Kier alpha value is -1.65. The van der Waals surface area contributed by atoms with Gasteiger partial charge in [-0.25, -0.2) is 0 Å². The SMILES string of the molecule is CN1CCC(Nc2ccc(Br)cc2C(=O)c2ccccc2)CC1. The van der Waals surface area contributed by atoms with E-state index in [1.807, 2.05) is 48.5 Å². The maximum Gasteiger partial charge on any atom is 0.195 e. The van der Waals surface area contributed by atoms with Crippen LogP contribution in [0.4, 0.5) is 5.69 Å². The Bertz CT molecular complexity index is 679. The predicted octanol–water partition coefficient (Wildman–Crippen LogP) is 4.19. The molecule has 0 saturated carbocycles. The number of hydrogen-bond donors (Lipinski definition) is 1. The van der Waals surface area contributed by atoms with Gasteiger partial charge in [-0.05, 0) is 51.2 Å². The van der Waals surface area contributed by atoms with E-state index in [1.54, 1.807) is 0 Å². The molecule has 2 aromatic rings. The molecule has 0 spiro atoms. The lowest BCUT2D eigenvalue weighted by atomic mass is 9.99. The third kappa shape index (κ3) is 4.01. The average molecular weight is 373 g/mol. The summed E-state index contributed by atoms with van der Waals surface area (Å²) in [6.45, 7) is 2.19. The summed E-state index contributed by atoms with van der Waals surface area (Å²) in [6, 6.07) is 15.8. The largest absolute Gasteiger partial charge is 0.382 e. The number of anilines is 1. The van der Waals surface area contributed by atoms with Crippen LogP contribution >= 0.6 is 15.9 Å². The molecule has 0 atom stereocenters. The minimum atomic E-state index is 0.0577. The van der Waals surface area contributed by atoms with E-state index in [-0.39, 0.29) is 5.78 Å². The van der Waals surface area contributed by atoms with Gasteiger partial charge in [0.2, 0.25) is 0 Å². The number of likely N-dealkylation sites (tertiary alicyclic amines) is 1. The van der Waals surface area contributed by atoms with Gasteiger partial charge in [-0.3, -0.25) is 4.79 Å². The first-order valence-corrected chi connectivity index (χ1v) is 8.77. The zero-order valence-corrected chi connectivity index (χ0v) is 14.8. The summed E-state index contributed by atoms with van der Waals surface area (Å²) in [5.74, 6) is 0.0577. The van der Waals surface area contributed by atoms with Gasteiger partial charge < -0.3 is 10.2 Å². The van der Waals surface area contributed by atoms with Crippen molar-refractivity contribution >= 4 is 27.4 Å². The van der Waals surface area contributed by atoms with Crippen LogP contribution in [0.3, 0.4) is 0 Å². The Morgan fingerprint density at radius 3 is 2.52 bits per heavy atom. The van der Waals surface area contributed by atoms with Crippen LogP contribution in [-0.2, 0) is 0 Å². The van der Waals surface area contributed by atoms with Crippen molar-refractivity contribution in [2.75, 3.05) is 25.5 Å². The number of benzene rings is 2. The van der Waals surface area contributed by atoms with E-state index in [9.17, 15) is 4.79 Å². The summed E-state index contributed by atoms with van der Waals surface area (Å²) in [5, 5.41) is 3.58. The molecule has 0 aromatic heterocycles. The van der Waals surface area contributed by atoms with E-state index in [4.69, 9.17) is 0 Å². The summed E-state index contributed by atoms with van der Waals surface area (Å²) >= 11 is 3.48. The molecular formula is C19H21BrN2O. The Morgan fingerprint density at radius 2 is 1.83 bits per heavy atom. The Balaban J connectivity index is 1.85. The van der Waals surface area contributed by atoms with Crippen LogP contribution in [0.1, 0.15) is 28.8 Å². The van der Waals surface area contributed by atoms with Gasteiger partial charge in [0.05, 0.1) is 0 Å². The molecule has 0 radical (unpaired) electrons. The summed E-state index contributed by atoms with van der Waals surface area (Å²) in [7, 11) is 2.15. The second-order valence-corrected chi connectivity index (χ2v) is 7.02. The van der Waals surface area contributed by atoms with Crippen molar-refractivity contribution in [2.24, 2.45) is 0 Å². The Labute approximate surface area is 145 Å². The topological polar surface area (TPSA) is 32.3 Å². The van der Waals surface area contributed by atoms with E-state index in [2.05, 4.69) is 33.2 Å². The third-order valence-electron chi connectivity index (χ3n) is 4.34. The normalized spacial score (nSPS) is 16.3. The molecule has 1 aliphatic rings. The van der Waals surface area contributed by atoms with E-state index in [0.717, 1.165) is 47.2 Å². The highest BCUT2D eigenvalue weighted by atomic mass is 79.9. The van der Waals surface area contributed by atoms with E-state index in [1.165, 1.54) is 0 Å². The molecule has 3 nitrogen and oxygen atoms in total. The number of piperidine rings is 1. The quantitative estimate of drug-likeness (QED) is 0.816. The molecule has 1 N–H and O–H groups in total. The van der Waals surface area contributed by atoms with Crippen molar-refractivity contribution in [1.29, 1.82) is 0 Å². The summed E-state index contributed by atoms with van der Waals surface area (Å²) < 4.78 is 0.922. The smallest absolute Gasteiger partial charge is 0.195 e. The first-order chi connectivity index (χ1) is 11.1. The lowest BCUT2D eigenvalue weighted by molar-refractivity contribution is 0.103. The molecule has 0 aliphatic carbocycles. The fraction of sp³-hybridized carbons (Fsp3) is 0.316. The minimum Gasteiger partial charge on any atom is -0.382 e. The molecule has 1 fully saturated rings. The molecule has 2 aromatic carbocycles. The lowest BCUT2D eigenvalue weighted by Crippen LogP contribution is -2.37. The fourth-order valence-electron chi connectivity index (χ4n) is 2.95. The number of ketones is 1. The molecule has 1 aliphatic heterocycles. The first-order valence-electron chi connectivity index (χ1n) is 7.98. The van der Waals surface area contributed by atoms with Crippen LogP contribution in [0.5, 0.6) is 0 Å². The highest BCUT2D eigenvalue weighted by molar-refractivity contribution is 9.10. The van der Waals surface area contributed by atoms with Crippen molar-refractivity contribution in [3.05, 3.63) is 64.1 Å². The van der Waals surface area contributed by atoms with Gasteiger partial charge in [0.25, 0.3) is 0 Å². The second-order valence-electron chi connectivity index (χ2n) is 6.11. The number of carbonyl (C=O) groups excluding carboxylic acids is 1. The Morgan fingerprint density at radius 1 is 1.13 bits per heavy atom. The monoisotopic (exact) mass is 372 g/mol. The second kappa shape index (κ2) is 7.28. The van der Waals surface area contributed by atoms with E-state index < -0.39 is 0 Å². The van der Waals surface area contributed by atoms with Crippen LogP contribution in [0, 0.1) is 0 Å². The van der Waals surface area contributed by atoms with Gasteiger partial charge in [0.15, 0.2) is 5.78 Å². The number of halogens is 1. The summed E-state index contributed by atoms with van der Waals surface area (Å²) in [5.41, 5.74) is 2.37. The van der Waals surface area contributed by atoms with Crippen molar-refractivity contribution in [1.82, 2.24) is 4.90 Å². The lowest BCUT2D eigenvalue weighted by Gasteiger charge is -2.30. The summed E-state index contributed by atoms with van der Waals surface area (Å²) in [6.07, 6.45) is 2.21. The number of rotatable bonds is 4. The van der Waals surface area contributed by atoms with Crippen molar-refractivity contribution in [3.8, 4) is 0 Å². The van der Waals surface area contributed by atoms with Crippen LogP contribution in [-0.4, -0.2) is 36.9 Å². The molecule has 23 heavy (non-hydrogen) atoms. The molecule has 0 unspecified atom stereocenters. The van der Waals surface area contributed by atoms with Gasteiger partial charge in [-0.2, -0.15) is 0 Å². The van der Waals surface area contributed by atoms with E-state index in [0.29, 0.717) is 6.04 Å². The highest BCUT2D eigenvalue weighted by Gasteiger charge is 2.20. The van der Waals surface area contributed by atoms with Gasteiger partial charge >= 0.3 is 0 Å². The number of nitrogens with zero attached hydrogens (tertiary/aromatic N) is 1. The average Bonchev–Trinajstić information content (AvgIpc) is 2.58. The molecular weight excluding hydrogens is 352 g/mol. The van der Waals surface area contributed by atoms with E-state index >= 15 is 0 Å². The number of carbonyl (C=O) groups is 1. The molecule has 0 amide bonds. The standard InChI is InChI=1S/C19H21BrN2O/c1-22-11-9-16(10-12-22)21-18-8-7-15(20)13-17(18)19(23)14-5-3-2-4-6-14/h2-8,13,16,21H,9-12H2,1H3. The first kappa shape index (κ1) is 16.2. The Kier molecular flexibility index (Phi) is 5.13. The minimum absolute atomic E-state index is 0.0577. The van der Waals surface area contributed by atoms with Gasteiger partial charge in [0, 0.05) is 27.3 Å². The van der Waals surface area contributed by atoms with Crippen molar-refractivity contribution in [2.45, 2.75) is 18.9 Å². The molecule has 1 heterocycles. The number of hydrogen-bond acceptors (Lipinski definition) is 3.